The molecule has 2 nitrogen and oxygen atoms in total. The van der Waals surface area contributed by atoms with E-state index >= 15 is 0 Å². The first-order valence-corrected chi connectivity index (χ1v) is 6.45. The van der Waals surface area contributed by atoms with Gasteiger partial charge in [-0.15, -0.1) is 0 Å². The fourth-order valence-electron chi connectivity index (χ4n) is 2.71. The number of hydrogen-bond acceptors (Lipinski definition) is 2. The number of hydrogen-bond donors (Lipinski definition) is 0. The highest BCUT2D eigenvalue weighted by Gasteiger charge is 2.27. The monoisotopic (exact) mass is 210 g/mol. The van der Waals surface area contributed by atoms with Crippen LogP contribution in [0.5, 0.6) is 0 Å². The average molecular weight is 210 g/mol. The van der Waals surface area contributed by atoms with Gasteiger partial charge in [0.05, 0.1) is 0 Å². The van der Waals surface area contributed by atoms with E-state index in [1.807, 2.05) is 0 Å². The molecule has 0 aromatic carbocycles. The molecule has 2 unspecified atom stereocenters. The molecule has 1 aliphatic heterocycles. The van der Waals surface area contributed by atoms with Crippen LogP contribution in [0.25, 0.3) is 0 Å². The van der Waals surface area contributed by atoms with Crippen LogP contribution in [-0.2, 0) is 0 Å². The fourth-order valence-corrected chi connectivity index (χ4v) is 2.71. The highest BCUT2D eigenvalue weighted by molar-refractivity contribution is 5.84. The molecule has 0 saturated carbocycles. The zero-order chi connectivity index (χ0) is 11.3. The van der Waals surface area contributed by atoms with Crippen molar-refractivity contribution in [3.05, 3.63) is 0 Å². The van der Waals surface area contributed by atoms with E-state index in [9.17, 15) is 0 Å². The molecule has 0 bridgehead atoms. The summed E-state index contributed by atoms with van der Waals surface area (Å²) in [6.07, 6.45) is 6.65. The van der Waals surface area contributed by atoms with Crippen molar-refractivity contribution in [2.45, 2.75) is 52.9 Å². The van der Waals surface area contributed by atoms with Crippen LogP contribution in [0.2, 0.25) is 0 Å². The van der Waals surface area contributed by atoms with Crippen LogP contribution in [0.3, 0.4) is 0 Å². The van der Waals surface area contributed by atoms with Gasteiger partial charge in [-0.3, -0.25) is 5.01 Å². The van der Waals surface area contributed by atoms with Crippen molar-refractivity contribution in [2.24, 2.45) is 16.9 Å². The Hall–Kier alpha value is -0.530. The summed E-state index contributed by atoms with van der Waals surface area (Å²) in [5.74, 6) is 1.59. The van der Waals surface area contributed by atoms with Crippen molar-refractivity contribution in [3.63, 3.8) is 0 Å². The number of unbranched alkanes of at least 4 members (excludes halogenated alkanes) is 1. The van der Waals surface area contributed by atoms with Gasteiger partial charge in [-0.1, -0.05) is 33.1 Å². The van der Waals surface area contributed by atoms with Crippen LogP contribution < -0.4 is 0 Å². The van der Waals surface area contributed by atoms with Crippen LogP contribution in [0.15, 0.2) is 5.10 Å². The van der Waals surface area contributed by atoms with Crippen LogP contribution in [0.4, 0.5) is 0 Å². The summed E-state index contributed by atoms with van der Waals surface area (Å²) < 4.78 is 0. The van der Waals surface area contributed by atoms with E-state index in [4.69, 9.17) is 0 Å². The summed E-state index contributed by atoms with van der Waals surface area (Å²) in [6, 6.07) is 0. The molecule has 0 fully saturated rings. The third kappa shape index (κ3) is 3.51. The standard InChI is InChI=1S/C13H26N2/c1-5-7-9-12-10-15(4)14-11(3)13(12)8-6-2/h12-13H,5-10H2,1-4H3. The van der Waals surface area contributed by atoms with Crippen LogP contribution >= 0.6 is 0 Å². The first-order valence-electron chi connectivity index (χ1n) is 6.45. The molecule has 1 heterocycles. The van der Waals surface area contributed by atoms with Gasteiger partial charge in [-0.25, -0.2) is 0 Å². The second-order valence-corrected chi connectivity index (χ2v) is 4.88. The summed E-state index contributed by atoms with van der Waals surface area (Å²) in [5.41, 5.74) is 1.35. The average Bonchev–Trinajstić information content (AvgIpc) is 2.19. The largest absolute Gasteiger partial charge is 0.300 e. The minimum atomic E-state index is 0.748. The SMILES string of the molecule is CCCCC1CN(C)N=C(C)C1CCC. The third-order valence-corrected chi connectivity index (χ3v) is 3.46. The highest BCUT2D eigenvalue weighted by Crippen LogP contribution is 2.28. The van der Waals surface area contributed by atoms with Crippen molar-refractivity contribution >= 4 is 5.71 Å². The lowest BCUT2D eigenvalue weighted by atomic mass is 9.81. The predicted molar refractivity (Wildman–Crippen MR) is 67.2 cm³/mol. The third-order valence-electron chi connectivity index (χ3n) is 3.46. The summed E-state index contributed by atoms with van der Waals surface area (Å²) >= 11 is 0. The Morgan fingerprint density at radius 1 is 1.27 bits per heavy atom. The lowest BCUT2D eigenvalue weighted by Crippen LogP contribution is -2.37. The normalized spacial score (nSPS) is 26.7. The lowest BCUT2D eigenvalue weighted by Gasteiger charge is -2.35. The van der Waals surface area contributed by atoms with E-state index in [0.717, 1.165) is 18.4 Å². The zero-order valence-electron chi connectivity index (χ0n) is 10.8. The van der Waals surface area contributed by atoms with Gasteiger partial charge in [0.25, 0.3) is 0 Å². The molecule has 0 aromatic rings. The Morgan fingerprint density at radius 2 is 2.00 bits per heavy atom. The molecular weight excluding hydrogens is 184 g/mol. The highest BCUT2D eigenvalue weighted by atomic mass is 15.4. The molecule has 0 N–H and O–H groups in total. The Bertz CT molecular complexity index is 211. The maximum absolute atomic E-state index is 4.59. The molecule has 15 heavy (non-hydrogen) atoms. The predicted octanol–water partition coefficient (Wildman–Crippen LogP) is 3.53. The first-order chi connectivity index (χ1) is 7.19. The molecular formula is C13H26N2. The molecule has 0 saturated heterocycles. The summed E-state index contributed by atoms with van der Waals surface area (Å²) in [7, 11) is 2.10. The molecule has 88 valence electrons. The van der Waals surface area contributed by atoms with Crippen molar-refractivity contribution in [2.75, 3.05) is 13.6 Å². The van der Waals surface area contributed by atoms with Crippen LogP contribution in [-0.4, -0.2) is 24.3 Å². The van der Waals surface area contributed by atoms with Crippen molar-refractivity contribution in [3.8, 4) is 0 Å². The summed E-state index contributed by atoms with van der Waals surface area (Å²) in [5, 5.41) is 6.72. The molecule has 1 aliphatic rings. The summed E-state index contributed by atoms with van der Waals surface area (Å²) in [6.45, 7) is 7.92. The maximum atomic E-state index is 4.59. The van der Waals surface area contributed by atoms with Gasteiger partial charge >= 0.3 is 0 Å². The quantitative estimate of drug-likeness (QED) is 0.678. The number of nitrogens with zero attached hydrogens (tertiary/aromatic N) is 2. The number of hydrazone groups is 1. The first kappa shape index (κ1) is 12.5. The maximum Gasteiger partial charge on any atom is 0.0391 e. The van der Waals surface area contributed by atoms with E-state index in [1.165, 1.54) is 37.8 Å². The van der Waals surface area contributed by atoms with E-state index in [1.54, 1.807) is 0 Å². The minimum Gasteiger partial charge on any atom is -0.300 e. The van der Waals surface area contributed by atoms with E-state index in [-0.39, 0.29) is 0 Å². The molecule has 0 amide bonds. The van der Waals surface area contributed by atoms with E-state index in [0.29, 0.717) is 0 Å². The van der Waals surface area contributed by atoms with Crippen molar-refractivity contribution in [1.82, 2.24) is 5.01 Å². The van der Waals surface area contributed by atoms with Crippen molar-refractivity contribution in [1.29, 1.82) is 0 Å². The second kappa shape index (κ2) is 6.14. The Balaban J connectivity index is 2.61. The molecule has 1 rings (SSSR count). The minimum absolute atomic E-state index is 0.748. The van der Waals surface area contributed by atoms with Gasteiger partial charge in [-0.2, -0.15) is 5.10 Å². The molecule has 0 spiro atoms. The van der Waals surface area contributed by atoms with Gasteiger partial charge < -0.3 is 0 Å². The van der Waals surface area contributed by atoms with Gasteiger partial charge in [0, 0.05) is 25.2 Å². The Kier molecular flexibility index (Phi) is 5.13. The van der Waals surface area contributed by atoms with Gasteiger partial charge in [-0.05, 0) is 25.7 Å². The molecule has 0 radical (unpaired) electrons. The molecule has 2 heteroatoms. The number of rotatable bonds is 5. The smallest absolute Gasteiger partial charge is 0.0391 e. The summed E-state index contributed by atoms with van der Waals surface area (Å²) in [4.78, 5) is 0. The zero-order valence-corrected chi connectivity index (χ0v) is 10.8. The Labute approximate surface area is 94.7 Å². The fraction of sp³-hybridized carbons (Fsp3) is 0.923. The van der Waals surface area contributed by atoms with Crippen molar-refractivity contribution < 1.29 is 0 Å². The van der Waals surface area contributed by atoms with E-state index in [2.05, 4.69) is 37.9 Å². The van der Waals surface area contributed by atoms with E-state index < -0.39 is 0 Å². The lowest BCUT2D eigenvalue weighted by molar-refractivity contribution is 0.209. The molecule has 0 aromatic heterocycles. The molecule has 2 atom stereocenters. The van der Waals surface area contributed by atoms with Crippen LogP contribution in [0, 0.1) is 11.8 Å². The van der Waals surface area contributed by atoms with Gasteiger partial charge in [0.1, 0.15) is 0 Å². The van der Waals surface area contributed by atoms with Gasteiger partial charge in [0.2, 0.25) is 0 Å². The second-order valence-electron chi connectivity index (χ2n) is 4.88. The van der Waals surface area contributed by atoms with Gasteiger partial charge in [0.15, 0.2) is 0 Å². The molecule has 0 aliphatic carbocycles. The Morgan fingerprint density at radius 3 is 2.60 bits per heavy atom. The van der Waals surface area contributed by atoms with Crippen LogP contribution in [0.1, 0.15) is 52.9 Å². The topological polar surface area (TPSA) is 15.6 Å².